The number of aryl methyl sites for hydroxylation is 1. The highest BCUT2D eigenvalue weighted by atomic mass is 16.6. The summed E-state index contributed by atoms with van der Waals surface area (Å²) in [4.78, 5) is 22.4. The summed E-state index contributed by atoms with van der Waals surface area (Å²) in [5, 5.41) is 2.62. The van der Waals surface area contributed by atoms with Gasteiger partial charge < -0.3 is 10.1 Å². The average molecular weight is 275 g/mol. The highest BCUT2D eigenvalue weighted by molar-refractivity contribution is 5.82. The van der Waals surface area contributed by atoms with Crippen LogP contribution in [-0.4, -0.2) is 24.5 Å². The Bertz CT molecular complexity index is 513. The molecule has 1 aromatic rings. The SMILES string of the molecule is Cc1ccc(C=CCNC(=O)OC(C)(C)C)c(C=O)c1. The Labute approximate surface area is 119 Å². The molecular weight excluding hydrogens is 254 g/mol. The topological polar surface area (TPSA) is 55.4 Å². The summed E-state index contributed by atoms with van der Waals surface area (Å²) in [6.07, 6.45) is 3.96. The van der Waals surface area contributed by atoms with E-state index in [0.717, 1.165) is 17.4 Å². The lowest BCUT2D eigenvalue weighted by molar-refractivity contribution is 0.0534. The summed E-state index contributed by atoms with van der Waals surface area (Å²) in [6, 6.07) is 5.64. The number of benzene rings is 1. The number of amides is 1. The highest BCUT2D eigenvalue weighted by Gasteiger charge is 2.14. The minimum Gasteiger partial charge on any atom is -0.444 e. The molecule has 0 aromatic heterocycles. The van der Waals surface area contributed by atoms with Crippen LogP contribution >= 0.6 is 0 Å². The fourth-order valence-corrected chi connectivity index (χ4v) is 1.59. The van der Waals surface area contributed by atoms with E-state index in [0.29, 0.717) is 12.1 Å². The molecule has 1 rings (SSSR count). The van der Waals surface area contributed by atoms with E-state index in [1.54, 1.807) is 12.2 Å². The van der Waals surface area contributed by atoms with Crippen LogP contribution in [0.3, 0.4) is 0 Å². The molecule has 0 bridgehead atoms. The molecule has 0 aliphatic heterocycles. The first-order chi connectivity index (χ1) is 9.31. The van der Waals surface area contributed by atoms with Crippen LogP contribution in [0.25, 0.3) is 6.08 Å². The smallest absolute Gasteiger partial charge is 0.407 e. The monoisotopic (exact) mass is 275 g/mol. The number of aldehydes is 1. The van der Waals surface area contributed by atoms with Crippen LogP contribution in [0.4, 0.5) is 4.79 Å². The third-order valence-corrected chi connectivity index (χ3v) is 2.43. The van der Waals surface area contributed by atoms with Gasteiger partial charge in [-0.25, -0.2) is 4.79 Å². The summed E-state index contributed by atoms with van der Waals surface area (Å²) in [6.45, 7) is 7.72. The average Bonchev–Trinajstić information content (AvgIpc) is 2.33. The van der Waals surface area contributed by atoms with E-state index in [1.807, 2.05) is 45.9 Å². The van der Waals surface area contributed by atoms with Crippen molar-refractivity contribution in [2.45, 2.75) is 33.3 Å². The van der Waals surface area contributed by atoms with Crippen LogP contribution in [0.2, 0.25) is 0 Å². The number of carbonyl (C=O) groups is 2. The van der Waals surface area contributed by atoms with Crippen molar-refractivity contribution in [3.05, 3.63) is 41.0 Å². The Hall–Kier alpha value is -2.10. The van der Waals surface area contributed by atoms with Crippen LogP contribution in [0.5, 0.6) is 0 Å². The van der Waals surface area contributed by atoms with Gasteiger partial charge in [0.15, 0.2) is 6.29 Å². The number of carbonyl (C=O) groups excluding carboxylic acids is 2. The number of rotatable bonds is 4. The van der Waals surface area contributed by atoms with Crippen molar-refractivity contribution in [2.24, 2.45) is 0 Å². The molecule has 0 radical (unpaired) electrons. The van der Waals surface area contributed by atoms with Gasteiger partial charge in [-0.15, -0.1) is 0 Å². The molecule has 0 saturated carbocycles. The summed E-state index contributed by atoms with van der Waals surface area (Å²) < 4.78 is 5.11. The van der Waals surface area contributed by atoms with Crippen molar-refractivity contribution in [2.75, 3.05) is 6.54 Å². The molecular formula is C16H21NO3. The van der Waals surface area contributed by atoms with Crippen molar-refractivity contribution in [3.8, 4) is 0 Å². The van der Waals surface area contributed by atoms with Crippen LogP contribution in [-0.2, 0) is 4.74 Å². The van der Waals surface area contributed by atoms with Crippen molar-refractivity contribution in [1.82, 2.24) is 5.32 Å². The molecule has 108 valence electrons. The predicted molar refractivity (Wildman–Crippen MR) is 79.8 cm³/mol. The molecule has 0 aliphatic rings. The molecule has 1 aromatic carbocycles. The van der Waals surface area contributed by atoms with Gasteiger partial charge in [0.1, 0.15) is 5.60 Å². The number of nitrogens with one attached hydrogen (secondary N) is 1. The molecule has 0 spiro atoms. The lowest BCUT2D eigenvalue weighted by atomic mass is 10.1. The summed E-state index contributed by atoms with van der Waals surface area (Å²) in [7, 11) is 0. The fraction of sp³-hybridized carbons (Fsp3) is 0.375. The molecule has 1 amide bonds. The second-order valence-electron chi connectivity index (χ2n) is 5.54. The van der Waals surface area contributed by atoms with E-state index in [-0.39, 0.29) is 0 Å². The summed E-state index contributed by atoms with van der Waals surface area (Å²) in [5.41, 5.74) is 2.00. The maximum absolute atomic E-state index is 11.4. The van der Waals surface area contributed by atoms with Gasteiger partial charge in [0.05, 0.1) is 0 Å². The lowest BCUT2D eigenvalue weighted by Gasteiger charge is -2.19. The third kappa shape index (κ3) is 5.69. The maximum atomic E-state index is 11.4. The van der Waals surface area contributed by atoms with E-state index in [2.05, 4.69) is 5.32 Å². The van der Waals surface area contributed by atoms with Crippen molar-refractivity contribution in [3.63, 3.8) is 0 Å². The summed E-state index contributed by atoms with van der Waals surface area (Å²) in [5.74, 6) is 0. The minimum atomic E-state index is -0.505. The Morgan fingerprint density at radius 1 is 1.30 bits per heavy atom. The van der Waals surface area contributed by atoms with Gasteiger partial charge in [-0.3, -0.25) is 4.79 Å². The Balaban J connectivity index is 2.54. The van der Waals surface area contributed by atoms with Crippen LogP contribution in [0.1, 0.15) is 42.3 Å². The number of alkyl carbamates (subject to hydrolysis) is 1. The van der Waals surface area contributed by atoms with Crippen molar-refractivity contribution >= 4 is 18.5 Å². The van der Waals surface area contributed by atoms with Gasteiger partial charge in [0, 0.05) is 12.1 Å². The number of hydrogen-bond acceptors (Lipinski definition) is 3. The normalized spacial score (nSPS) is 11.4. The molecule has 0 atom stereocenters. The second kappa shape index (κ2) is 6.89. The molecule has 0 fully saturated rings. The van der Waals surface area contributed by atoms with Gasteiger partial charge in [-0.05, 0) is 39.3 Å². The summed E-state index contributed by atoms with van der Waals surface area (Å²) >= 11 is 0. The first-order valence-electron chi connectivity index (χ1n) is 6.51. The van der Waals surface area contributed by atoms with Crippen molar-refractivity contribution in [1.29, 1.82) is 0 Å². The van der Waals surface area contributed by atoms with Gasteiger partial charge in [0.2, 0.25) is 0 Å². The minimum absolute atomic E-state index is 0.348. The third-order valence-electron chi connectivity index (χ3n) is 2.43. The van der Waals surface area contributed by atoms with E-state index in [4.69, 9.17) is 4.74 Å². The standard InChI is InChI=1S/C16H21NO3/c1-12-7-8-13(14(10-12)11-18)6-5-9-17-15(19)20-16(2,3)4/h5-8,10-11H,9H2,1-4H3,(H,17,19). The maximum Gasteiger partial charge on any atom is 0.407 e. The molecule has 4 nitrogen and oxygen atoms in total. The zero-order valence-electron chi connectivity index (χ0n) is 12.4. The lowest BCUT2D eigenvalue weighted by Crippen LogP contribution is -2.32. The Morgan fingerprint density at radius 3 is 2.60 bits per heavy atom. The van der Waals surface area contributed by atoms with E-state index in [9.17, 15) is 9.59 Å². The first kappa shape index (κ1) is 16.0. The van der Waals surface area contributed by atoms with Gasteiger partial charge in [-0.1, -0.05) is 29.8 Å². The molecule has 0 aliphatic carbocycles. The molecule has 4 heteroatoms. The Kier molecular flexibility index (Phi) is 5.50. The zero-order valence-corrected chi connectivity index (χ0v) is 12.4. The fourth-order valence-electron chi connectivity index (χ4n) is 1.59. The first-order valence-corrected chi connectivity index (χ1v) is 6.51. The predicted octanol–water partition coefficient (Wildman–Crippen LogP) is 3.35. The quantitative estimate of drug-likeness (QED) is 0.857. The zero-order chi connectivity index (χ0) is 15.2. The molecule has 1 N–H and O–H groups in total. The molecule has 0 heterocycles. The van der Waals surface area contributed by atoms with E-state index >= 15 is 0 Å². The van der Waals surface area contributed by atoms with Crippen LogP contribution in [0, 0.1) is 6.92 Å². The van der Waals surface area contributed by atoms with Gasteiger partial charge in [0.25, 0.3) is 0 Å². The van der Waals surface area contributed by atoms with Gasteiger partial charge in [-0.2, -0.15) is 0 Å². The van der Waals surface area contributed by atoms with E-state index in [1.165, 1.54) is 0 Å². The van der Waals surface area contributed by atoms with Crippen LogP contribution in [0.15, 0.2) is 24.3 Å². The van der Waals surface area contributed by atoms with Gasteiger partial charge >= 0.3 is 6.09 Å². The number of hydrogen-bond donors (Lipinski definition) is 1. The van der Waals surface area contributed by atoms with Crippen LogP contribution < -0.4 is 5.32 Å². The largest absolute Gasteiger partial charge is 0.444 e. The number of ether oxygens (including phenoxy) is 1. The Morgan fingerprint density at radius 2 is 2.00 bits per heavy atom. The molecule has 20 heavy (non-hydrogen) atoms. The highest BCUT2D eigenvalue weighted by Crippen LogP contribution is 2.11. The van der Waals surface area contributed by atoms with Crippen molar-refractivity contribution < 1.29 is 14.3 Å². The van der Waals surface area contributed by atoms with E-state index < -0.39 is 11.7 Å². The molecule has 0 unspecified atom stereocenters. The second-order valence-corrected chi connectivity index (χ2v) is 5.54. The molecule has 0 saturated heterocycles.